The third-order valence-electron chi connectivity index (χ3n) is 8.28. The molecule has 0 aliphatic heterocycles. The van der Waals surface area contributed by atoms with Crippen LogP contribution >= 0.6 is 0 Å². The van der Waals surface area contributed by atoms with Crippen molar-refractivity contribution in [3.63, 3.8) is 0 Å². The van der Waals surface area contributed by atoms with Crippen LogP contribution in [0.2, 0.25) is 0 Å². The van der Waals surface area contributed by atoms with E-state index in [-0.39, 0.29) is 11.8 Å². The molecule has 0 atom stereocenters. The standard InChI is InChI=1S/C43H76N4O13/c1-38(2)42(48)44-40-9-7-39(8-10-40)41-37-47(46-45-41)12-14-50-16-18-52-20-22-54-24-26-56-28-30-58-32-34-60-36-35-59-33-31-57-29-27-55-25-23-53-21-19-51-17-15-49-13-6-11-43(3,4)5/h7-10,37-38H,6,11-36H2,1-5H3,(H,44,48). The van der Waals surface area contributed by atoms with Gasteiger partial charge in [-0.3, -0.25) is 4.79 Å². The summed E-state index contributed by atoms with van der Waals surface area (Å²) in [4.78, 5) is 11.9. The van der Waals surface area contributed by atoms with Crippen molar-refractivity contribution in [2.24, 2.45) is 11.3 Å². The maximum atomic E-state index is 11.9. The number of amides is 1. The van der Waals surface area contributed by atoms with Gasteiger partial charge in [0.15, 0.2) is 0 Å². The zero-order chi connectivity index (χ0) is 43.2. The van der Waals surface area contributed by atoms with Gasteiger partial charge in [0, 0.05) is 23.8 Å². The van der Waals surface area contributed by atoms with Crippen molar-refractivity contribution in [1.29, 1.82) is 0 Å². The van der Waals surface area contributed by atoms with Gasteiger partial charge in [0.05, 0.1) is 165 Å². The molecule has 0 bridgehead atoms. The number of carbonyl (C=O) groups is 1. The molecular weight excluding hydrogens is 780 g/mol. The smallest absolute Gasteiger partial charge is 0.226 e. The first-order chi connectivity index (χ1) is 29.2. The fourth-order valence-electron chi connectivity index (χ4n) is 4.93. The Morgan fingerprint density at radius 3 is 1.20 bits per heavy atom. The molecule has 1 N–H and O–H groups in total. The van der Waals surface area contributed by atoms with Crippen molar-refractivity contribution in [3.8, 4) is 11.3 Å². The number of benzene rings is 1. The number of aromatic nitrogens is 3. The van der Waals surface area contributed by atoms with Gasteiger partial charge in [-0.15, -0.1) is 5.10 Å². The number of nitrogens with zero attached hydrogens (tertiary/aromatic N) is 3. The first-order valence-corrected chi connectivity index (χ1v) is 21.5. The van der Waals surface area contributed by atoms with Gasteiger partial charge in [0.2, 0.25) is 5.91 Å². The van der Waals surface area contributed by atoms with E-state index in [0.29, 0.717) is 164 Å². The number of anilines is 1. The Hall–Kier alpha value is -2.65. The lowest BCUT2D eigenvalue weighted by molar-refractivity contribution is -0.118. The molecule has 0 fully saturated rings. The van der Waals surface area contributed by atoms with Crippen LogP contribution in [0, 0.1) is 11.3 Å². The highest BCUT2D eigenvalue weighted by atomic mass is 16.6. The molecule has 346 valence electrons. The molecule has 0 saturated heterocycles. The summed E-state index contributed by atoms with van der Waals surface area (Å²) in [6.45, 7) is 23.6. The average molecular weight is 857 g/mol. The lowest BCUT2D eigenvalue weighted by Gasteiger charge is -2.17. The lowest BCUT2D eigenvalue weighted by Crippen LogP contribution is -2.17. The lowest BCUT2D eigenvalue weighted by atomic mass is 9.91. The van der Waals surface area contributed by atoms with Crippen LogP contribution in [0.25, 0.3) is 11.3 Å². The number of ether oxygens (including phenoxy) is 12. The average Bonchev–Trinajstić information content (AvgIpc) is 3.70. The van der Waals surface area contributed by atoms with Gasteiger partial charge in [0.1, 0.15) is 5.69 Å². The minimum atomic E-state index is -0.0748. The minimum absolute atomic E-state index is 0.0156. The molecular formula is C43H76N4O13. The normalized spacial score (nSPS) is 11.9. The van der Waals surface area contributed by atoms with Crippen molar-refractivity contribution in [2.75, 3.05) is 164 Å². The fraction of sp³-hybridized carbons (Fsp3) is 0.791. The quantitative estimate of drug-likeness (QED) is 0.0922. The Morgan fingerprint density at radius 2 is 0.867 bits per heavy atom. The molecule has 60 heavy (non-hydrogen) atoms. The summed E-state index contributed by atoms with van der Waals surface area (Å²) in [6, 6.07) is 7.54. The van der Waals surface area contributed by atoms with Crippen molar-refractivity contribution < 1.29 is 61.6 Å². The van der Waals surface area contributed by atoms with Crippen LogP contribution in [0.4, 0.5) is 5.69 Å². The first-order valence-electron chi connectivity index (χ1n) is 21.5. The van der Waals surface area contributed by atoms with Gasteiger partial charge >= 0.3 is 0 Å². The summed E-state index contributed by atoms with van der Waals surface area (Å²) < 4.78 is 68.2. The Labute approximate surface area is 358 Å². The maximum absolute atomic E-state index is 11.9. The second-order valence-corrected chi connectivity index (χ2v) is 15.1. The number of nitrogens with one attached hydrogen (secondary N) is 1. The number of hydrogen-bond donors (Lipinski definition) is 1. The van der Waals surface area contributed by atoms with Crippen LogP contribution in [-0.2, 0) is 68.2 Å². The third-order valence-corrected chi connectivity index (χ3v) is 8.28. The summed E-state index contributed by atoms with van der Waals surface area (Å²) in [5.41, 5.74) is 2.79. The Bertz CT molecular complexity index is 1260. The molecule has 1 aromatic carbocycles. The summed E-state index contributed by atoms with van der Waals surface area (Å²) in [7, 11) is 0. The zero-order valence-electron chi connectivity index (χ0n) is 37.2. The van der Waals surface area contributed by atoms with Gasteiger partial charge < -0.3 is 62.2 Å². The third kappa shape index (κ3) is 32.1. The van der Waals surface area contributed by atoms with Crippen molar-refractivity contribution >= 4 is 11.6 Å². The van der Waals surface area contributed by atoms with Gasteiger partial charge in [-0.05, 0) is 30.4 Å². The van der Waals surface area contributed by atoms with Crippen LogP contribution in [0.1, 0.15) is 47.5 Å². The molecule has 1 amide bonds. The largest absolute Gasteiger partial charge is 0.379 e. The summed E-state index contributed by atoms with van der Waals surface area (Å²) in [5.74, 6) is -0.0904. The summed E-state index contributed by atoms with van der Waals surface area (Å²) in [5, 5.41) is 11.3. The van der Waals surface area contributed by atoms with E-state index in [9.17, 15) is 4.79 Å². The second-order valence-electron chi connectivity index (χ2n) is 15.1. The monoisotopic (exact) mass is 857 g/mol. The molecule has 0 saturated carbocycles. The second kappa shape index (κ2) is 37.0. The SMILES string of the molecule is CC(C)C(=O)Nc1ccc(-c2cn(CCOCCOCCOCCOCCOCCOCCOCCOCCOCCOCCOCCOCCCC(C)(C)C)nn2)cc1. The van der Waals surface area contributed by atoms with Crippen LogP contribution < -0.4 is 5.32 Å². The summed E-state index contributed by atoms with van der Waals surface area (Å²) in [6.07, 6.45) is 4.11. The molecule has 17 nitrogen and oxygen atoms in total. The highest BCUT2D eigenvalue weighted by molar-refractivity contribution is 5.92. The van der Waals surface area contributed by atoms with E-state index in [4.69, 9.17) is 56.8 Å². The highest BCUT2D eigenvalue weighted by Gasteiger charge is 2.10. The molecule has 0 aliphatic rings. The van der Waals surface area contributed by atoms with Gasteiger partial charge in [0.25, 0.3) is 0 Å². The predicted molar refractivity (Wildman–Crippen MR) is 227 cm³/mol. The van der Waals surface area contributed by atoms with E-state index >= 15 is 0 Å². The molecule has 0 unspecified atom stereocenters. The molecule has 1 aromatic heterocycles. The van der Waals surface area contributed by atoms with Crippen LogP contribution in [0.3, 0.4) is 0 Å². The fourth-order valence-corrected chi connectivity index (χ4v) is 4.93. The van der Waals surface area contributed by atoms with Crippen LogP contribution in [-0.4, -0.2) is 179 Å². The topological polar surface area (TPSA) is 171 Å². The molecule has 0 spiro atoms. The molecule has 17 heteroatoms. The van der Waals surface area contributed by atoms with Gasteiger partial charge in [-0.25, -0.2) is 4.68 Å². The van der Waals surface area contributed by atoms with E-state index in [1.54, 1.807) is 4.68 Å². The van der Waals surface area contributed by atoms with Crippen molar-refractivity contribution in [2.45, 2.75) is 54.0 Å². The number of carbonyl (C=O) groups excluding carboxylic acids is 1. The van der Waals surface area contributed by atoms with Gasteiger partial charge in [-0.2, -0.15) is 0 Å². The predicted octanol–water partition coefficient (Wildman–Crippen LogP) is 4.57. The number of rotatable bonds is 42. The van der Waals surface area contributed by atoms with E-state index in [2.05, 4.69) is 36.4 Å². The Kier molecular flexibility index (Phi) is 32.9. The van der Waals surface area contributed by atoms with E-state index in [1.165, 1.54) is 0 Å². The first kappa shape index (κ1) is 53.5. The molecule has 1 heterocycles. The minimum Gasteiger partial charge on any atom is -0.379 e. The molecule has 0 aliphatic carbocycles. The number of hydrogen-bond acceptors (Lipinski definition) is 15. The van der Waals surface area contributed by atoms with E-state index in [1.807, 2.05) is 44.3 Å². The molecule has 2 aromatic rings. The van der Waals surface area contributed by atoms with E-state index in [0.717, 1.165) is 36.4 Å². The molecule has 2 rings (SSSR count). The summed E-state index contributed by atoms with van der Waals surface area (Å²) >= 11 is 0. The zero-order valence-corrected chi connectivity index (χ0v) is 37.2. The highest BCUT2D eigenvalue weighted by Crippen LogP contribution is 2.20. The molecule has 0 radical (unpaired) electrons. The maximum Gasteiger partial charge on any atom is 0.226 e. The van der Waals surface area contributed by atoms with Crippen molar-refractivity contribution in [1.82, 2.24) is 15.0 Å². The van der Waals surface area contributed by atoms with Crippen LogP contribution in [0.15, 0.2) is 30.5 Å². The van der Waals surface area contributed by atoms with Crippen molar-refractivity contribution in [3.05, 3.63) is 30.5 Å². The van der Waals surface area contributed by atoms with Gasteiger partial charge in [-0.1, -0.05) is 52.0 Å². The van der Waals surface area contributed by atoms with Crippen LogP contribution in [0.5, 0.6) is 0 Å². The Morgan fingerprint density at radius 1 is 0.533 bits per heavy atom. The Balaban J connectivity index is 1.20. The van der Waals surface area contributed by atoms with E-state index < -0.39 is 0 Å².